The number of nitrogens with zero attached hydrogens (tertiary/aromatic N) is 1. The predicted octanol–water partition coefficient (Wildman–Crippen LogP) is 2.94. The third-order valence-corrected chi connectivity index (χ3v) is 4.28. The topological polar surface area (TPSA) is 66.6 Å². The van der Waals surface area contributed by atoms with E-state index in [9.17, 15) is 9.90 Å². The Morgan fingerprint density at radius 1 is 1.29 bits per heavy atom. The number of hydrogen-bond acceptors (Lipinski definition) is 3. The van der Waals surface area contributed by atoms with E-state index >= 15 is 0 Å². The van der Waals surface area contributed by atoms with Crippen molar-refractivity contribution in [2.24, 2.45) is 0 Å². The summed E-state index contributed by atoms with van der Waals surface area (Å²) in [5.41, 5.74) is 9.23. The highest BCUT2D eigenvalue weighted by Crippen LogP contribution is 2.28. The number of anilines is 1. The van der Waals surface area contributed by atoms with Gasteiger partial charge in [-0.2, -0.15) is 0 Å². The zero-order valence-electron chi connectivity index (χ0n) is 11.3. The van der Waals surface area contributed by atoms with Crippen molar-refractivity contribution in [1.29, 1.82) is 0 Å². The number of carbonyl (C=O) groups is 1. The maximum Gasteiger partial charge on any atom is 0.257 e. The van der Waals surface area contributed by atoms with Gasteiger partial charge in [-0.1, -0.05) is 28.1 Å². The Kier molecular flexibility index (Phi) is 3.59. The number of amides is 1. The van der Waals surface area contributed by atoms with E-state index in [2.05, 4.69) is 15.9 Å². The fourth-order valence-corrected chi connectivity index (χ4v) is 2.99. The highest BCUT2D eigenvalue weighted by atomic mass is 79.9. The molecule has 0 spiro atoms. The summed E-state index contributed by atoms with van der Waals surface area (Å²) in [6.45, 7) is 1.11. The molecule has 0 saturated heterocycles. The molecule has 3 N–H and O–H groups in total. The first-order valence-electron chi connectivity index (χ1n) is 6.70. The van der Waals surface area contributed by atoms with Crippen LogP contribution in [0.3, 0.4) is 0 Å². The molecule has 0 bridgehead atoms. The number of halogens is 1. The summed E-state index contributed by atoms with van der Waals surface area (Å²) in [4.78, 5) is 14.3. The van der Waals surface area contributed by atoms with Crippen molar-refractivity contribution in [3.63, 3.8) is 0 Å². The van der Waals surface area contributed by atoms with Crippen molar-refractivity contribution in [1.82, 2.24) is 4.90 Å². The van der Waals surface area contributed by atoms with Gasteiger partial charge >= 0.3 is 0 Å². The van der Waals surface area contributed by atoms with Gasteiger partial charge in [0.15, 0.2) is 0 Å². The van der Waals surface area contributed by atoms with E-state index in [-0.39, 0.29) is 11.7 Å². The second kappa shape index (κ2) is 5.41. The molecule has 4 nitrogen and oxygen atoms in total. The third kappa shape index (κ3) is 2.61. The lowest BCUT2D eigenvalue weighted by Crippen LogP contribution is -2.36. The minimum Gasteiger partial charge on any atom is -0.507 e. The van der Waals surface area contributed by atoms with E-state index in [1.807, 2.05) is 18.2 Å². The van der Waals surface area contributed by atoms with Crippen molar-refractivity contribution in [3.05, 3.63) is 57.6 Å². The molecular weight excluding hydrogens is 332 g/mol. The van der Waals surface area contributed by atoms with Crippen LogP contribution in [0.25, 0.3) is 0 Å². The average Bonchev–Trinajstić information content (AvgIpc) is 2.47. The van der Waals surface area contributed by atoms with Crippen molar-refractivity contribution < 1.29 is 9.90 Å². The lowest BCUT2D eigenvalue weighted by atomic mass is 9.97. The summed E-state index contributed by atoms with van der Waals surface area (Å²) >= 11 is 3.27. The first-order valence-corrected chi connectivity index (χ1v) is 7.49. The van der Waals surface area contributed by atoms with Crippen molar-refractivity contribution in [2.45, 2.75) is 13.0 Å². The molecule has 0 unspecified atom stereocenters. The molecule has 1 aliphatic heterocycles. The van der Waals surface area contributed by atoms with Crippen LogP contribution < -0.4 is 5.73 Å². The second-order valence-electron chi connectivity index (χ2n) is 5.12. The summed E-state index contributed by atoms with van der Waals surface area (Å²) in [6.07, 6.45) is 0.781. The molecule has 0 saturated carbocycles. The summed E-state index contributed by atoms with van der Waals surface area (Å²) < 4.78 is 0.741. The number of benzene rings is 2. The SMILES string of the molecule is Nc1cccc2c1CN(C(=O)c1ccc(Br)cc1O)CC2. The third-order valence-electron chi connectivity index (χ3n) is 3.79. The molecule has 0 aliphatic carbocycles. The Morgan fingerprint density at radius 2 is 2.10 bits per heavy atom. The van der Waals surface area contributed by atoms with Gasteiger partial charge in [-0.15, -0.1) is 0 Å². The van der Waals surface area contributed by atoms with Crippen LogP contribution in [0.5, 0.6) is 5.75 Å². The zero-order valence-corrected chi connectivity index (χ0v) is 12.9. The molecule has 3 rings (SSSR count). The maximum atomic E-state index is 12.6. The molecule has 0 aromatic heterocycles. The maximum absolute atomic E-state index is 12.6. The minimum atomic E-state index is -0.172. The molecule has 2 aromatic rings. The van der Waals surface area contributed by atoms with Gasteiger partial charge in [0, 0.05) is 23.2 Å². The number of rotatable bonds is 1. The Bertz CT molecular complexity index is 715. The quantitative estimate of drug-likeness (QED) is 0.780. The summed E-state index contributed by atoms with van der Waals surface area (Å²) in [7, 11) is 0. The molecule has 0 radical (unpaired) electrons. The van der Waals surface area contributed by atoms with Crippen LogP contribution in [0.1, 0.15) is 21.5 Å². The molecule has 21 heavy (non-hydrogen) atoms. The number of phenols is 1. The van der Waals surface area contributed by atoms with E-state index in [0.717, 1.165) is 16.5 Å². The fourth-order valence-electron chi connectivity index (χ4n) is 2.64. The molecule has 108 valence electrons. The fraction of sp³-hybridized carbons (Fsp3) is 0.188. The van der Waals surface area contributed by atoms with E-state index in [4.69, 9.17) is 5.73 Å². The van der Waals surface area contributed by atoms with Gasteiger partial charge in [-0.3, -0.25) is 4.79 Å². The molecule has 1 aliphatic rings. The van der Waals surface area contributed by atoms with Crippen LogP contribution in [-0.4, -0.2) is 22.5 Å². The summed E-state index contributed by atoms with van der Waals surface area (Å²) in [6, 6.07) is 10.7. The minimum absolute atomic E-state index is 0.0128. The number of aromatic hydroxyl groups is 1. The van der Waals surface area contributed by atoms with Crippen molar-refractivity contribution >= 4 is 27.5 Å². The number of nitrogens with two attached hydrogens (primary N) is 1. The van der Waals surface area contributed by atoms with Gasteiger partial charge in [0.1, 0.15) is 5.75 Å². The van der Waals surface area contributed by atoms with E-state index < -0.39 is 0 Å². The van der Waals surface area contributed by atoms with Gasteiger partial charge in [0.2, 0.25) is 0 Å². The molecular formula is C16H15BrN2O2. The van der Waals surface area contributed by atoms with Crippen LogP contribution in [-0.2, 0) is 13.0 Å². The standard InChI is InChI=1S/C16H15BrN2O2/c17-11-4-5-12(15(20)8-11)16(21)19-7-6-10-2-1-3-14(18)13(10)9-19/h1-5,8,20H,6-7,9,18H2. The lowest BCUT2D eigenvalue weighted by molar-refractivity contribution is 0.0732. The van der Waals surface area contributed by atoms with Crippen LogP contribution >= 0.6 is 15.9 Å². The summed E-state index contributed by atoms with van der Waals surface area (Å²) in [5, 5.41) is 9.94. The van der Waals surface area contributed by atoms with E-state index in [1.165, 1.54) is 11.6 Å². The number of hydrogen-bond donors (Lipinski definition) is 2. The summed E-state index contributed by atoms with van der Waals surface area (Å²) in [5.74, 6) is -0.185. The molecule has 0 fully saturated rings. The normalized spacial score (nSPS) is 13.9. The number of carbonyl (C=O) groups excluding carboxylic acids is 1. The first kappa shape index (κ1) is 13.9. The molecule has 5 heteroatoms. The van der Waals surface area contributed by atoms with Crippen LogP contribution in [0.2, 0.25) is 0 Å². The van der Waals surface area contributed by atoms with Gasteiger partial charge in [-0.05, 0) is 41.8 Å². The smallest absolute Gasteiger partial charge is 0.257 e. The van der Waals surface area contributed by atoms with Crippen LogP contribution in [0, 0.1) is 0 Å². The van der Waals surface area contributed by atoms with Crippen molar-refractivity contribution in [2.75, 3.05) is 12.3 Å². The average molecular weight is 347 g/mol. The van der Waals surface area contributed by atoms with Gasteiger partial charge < -0.3 is 15.7 Å². The number of fused-ring (bicyclic) bond motifs is 1. The Hall–Kier alpha value is -2.01. The Morgan fingerprint density at radius 3 is 2.86 bits per heavy atom. The van der Waals surface area contributed by atoms with Gasteiger partial charge in [0.25, 0.3) is 5.91 Å². The number of nitrogen functional groups attached to an aromatic ring is 1. The van der Waals surface area contributed by atoms with Crippen LogP contribution in [0.4, 0.5) is 5.69 Å². The van der Waals surface area contributed by atoms with E-state index in [0.29, 0.717) is 24.3 Å². The Balaban J connectivity index is 1.89. The van der Waals surface area contributed by atoms with E-state index in [1.54, 1.807) is 17.0 Å². The monoisotopic (exact) mass is 346 g/mol. The molecule has 0 atom stereocenters. The largest absolute Gasteiger partial charge is 0.507 e. The number of phenolic OH excluding ortho intramolecular Hbond substituents is 1. The highest BCUT2D eigenvalue weighted by molar-refractivity contribution is 9.10. The van der Waals surface area contributed by atoms with Gasteiger partial charge in [-0.25, -0.2) is 0 Å². The zero-order chi connectivity index (χ0) is 15.0. The lowest BCUT2D eigenvalue weighted by Gasteiger charge is -2.30. The Labute approximate surface area is 131 Å². The molecule has 1 heterocycles. The van der Waals surface area contributed by atoms with Gasteiger partial charge in [0.05, 0.1) is 5.56 Å². The highest BCUT2D eigenvalue weighted by Gasteiger charge is 2.24. The van der Waals surface area contributed by atoms with Crippen molar-refractivity contribution in [3.8, 4) is 5.75 Å². The first-order chi connectivity index (χ1) is 10.1. The van der Waals surface area contributed by atoms with Crippen LogP contribution in [0.15, 0.2) is 40.9 Å². The molecule has 1 amide bonds. The molecule has 2 aromatic carbocycles. The predicted molar refractivity (Wildman–Crippen MR) is 85.1 cm³/mol. The second-order valence-corrected chi connectivity index (χ2v) is 6.04.